The smallest absolute Gasteiger partial charge is 0.335 e. The van der Waals surface area contributed by atoms with E-state index in [2.05, 4.69) is 10.6 Å². The summed E-state index contributed by atoms with van der Waals surface area (Å²) < 4.78 is 19.7. The second-order valence-corrected chi connectivity index (χ2v) is 12.6. The molecule has 46 heavy (non-hydrogen) atoms. The van der Waals surface area contributed by atoms with Crippen LogP contribution in [0.15, 0.2) is 36.4 Å². The van der Waals surface area contributed by atoms with Crippen LogP contribution in [0.3, 0.4) is 0 Å². The van der Waals surface area contributed by atoms with Gasteiger partial charge < -0.3 is 38.6 Å². The fraction of sp³-hybridized carbons (Fsp3) is 0.514. The molecule has 1 saturated carbocycles. The standard InChI is InChI=1S/C35H42N4O7/c40-30(36-11-16-44-17-12-36)22-38(23-31(41)37-13-18-45-19-14-37)28-8-4-7-27-33-32(24-5-2-1-3-6-24)26-10-9-25(35(42)43)21-29(26)39(33)15-20-46-34(27)28/h4,7-10,21,24H,1-3,5-6,11-20,22-23H2,(H,42,43). The molecule has 7 rings (SSSR count). The van der Waals surface area contributed by atoms with Crippen molar-refractivity contribution in [1.82, 2.24) is 14.4 Å². The molecule has 2 aromatic carbocycles. The minimum absolute atomic E-state index is 0.0380. The molecule has 1 aromatic heterocycles. The number of hydrogen-bond donors (Lipinski definition) is 1. The number of carboxylic acids is 1. The predicted octanol–water partition coefficient (Wildman–Crippen LogP) is 3.97. The molecule has 0 unspecified atom stereocenters. The first-order valence-corrected chi connectivity index (χ1v) is 16.6. The first kappa shape index (κ1) is 30.6. The Labute approximate surface area is 268 Å². The van der Waals surface area contributed by atoms with E-state index in [1.165, 1.54) is 12.0 Å². The van der Waals surface area contributed by atoms with E-state index in [9.17, 15) is 19.5 Å². The van der Waals surface area contributed by atoms with Crippen molar-refractivity contribution in [2.45, 2.75) is 44.6 Å². The molecular weight excluding hydrogens is 588 g/mol. The second kappa shape index (κ2) is 13.3. The zero-order valence-corrected chi connectivity index (χ0v) is 26.2. The molecule has 4 aliphatic rings. The van der Waals surface area contributed by atoms with Gasteiger partial charge in [0.1, 0.15) is 6.61 Å². The number of amides is 2. The number of carbonyl (C=O) groups is 3. The Morgan fingerprint density at radius 2 is 1.46 bits per heavy atom. The number of para-hydroxylation sites is 1. The molecule has 0 spiro atoms. The largest absolute Gasteiger partial charge is 0.489 e. The lowest BCUT2D eigenvalue weighted by molar-refractivity contribution is -0.134. The Morgan fingerprint density at radius 3 is 2.09 bits per heavy atom. The highest BCUT2D eigenvalue weighted by Crippen LogP contribution is 2.49. The van der Waals surface area contributed by atoms with E-state index in [0.717, 1.165) is 47.8 Å². The lowest BCUT2D eigenvalue weighted by Gasteiger charge is -2.34. The average Bonchev–Trinajstić information content (AvgIpc) is 3.29. The van der Waals surface area contributed by atoms with Gasteiger partial charge in [-0.15, -0.1) is 0 Å². The van der Waals surface area contributed by atoms with E-state index in [0.29, 0.717) is 83.1 Å². The maximum atomic E-state index is 13.6. The summed E-state index contributed by atoms with van der Waals surface area (Å²) in [5, 5.41) is 10.9. The zero-order valence-electron chi connectivity index (χ0n) is 26.2. The summed E-state index contributed by atoms with van der Waals surface area (Å²) in [6.45, 7) is 5.09. The maximum Gasteiger partial charge on any atom is 0.335 e. The summed E-state index contributed by atoms with van der Waals surface area (Å²) in [6, 6.07) is 11.5. The lowest BCUT2D eigenvalue weighted by Crippen LogP contribution is -2.50. The third-order valence-electron chi connectivity index (χ3n) is 9.90. The van der Waals surface area contributed by atoms with Crippen molar-refractivity contribution in [2.24, 2.45) is 0 Å². The van der Waals surface area contributed by atoms with Gasteiger partial charge in [-0.2, -0.15) is 0 Å². The molecule has 0 atom stereocenters. The molecule has 1 aliphatic carbocycles. The van der Waals surface area contributed by atoms with Gasteiger partial charge in [-0.25, -0.2) is 4.79 Å². The van der Waals surface area contributed by atoms with Crippen LogP contribution < -0.4 is 9.64 Å². The van der Waals surface area contributed by atoms with E-state index in [4.69, 9.17) is 14.2 Å². The van der Waals surface area contributed by atoms with E-state index in [1.54, 1.807) is 21.9 Å². The summed E-state index contributed by atoms with van der Waals surface area (Å²) >= 11 is 0. The van der Waals surface area contributed by atoms with Crippen molar-refractivity contribution in [3.63, 3.8) is 0 Å². The highest BCUT2D eigenvalue weighted by atomic mass is 16.5. The molecule has 3 fully saturated rings. The zero-order chi connectivity index (χ0) is 31.6. The number of ether oxygens (including phenoxy) is 3. The van der Waals surface area contributed by atoms with Crippen LogP contribution >= 0.6 is 0 Å². The van der Waals surface area contributed by atoms with E-state index in [-0.39, 0.29) is 30.5 Å². The SMILES string of the molecule is O=C(O)c1ccc2c(C3CCCCC3)c3n(c2c1)CCOc1c-3cccc1N(CC(=O)N1CCOCC1)CC(=O)N1CCOCC1. The van der Waals surface area contributed by atoms with E-state index < -0.39 is 5.97 Å². The Kier molecular flexibility index (Phi) is 8.86. The van der Waals surface area contributed by atoms with Gasteiger partial charge in [0.2, 0.25) is 11.8 Å². The van der Waals surface area contributed by atoms with E-state index >= 15 is 0 Å². The fourth-order valence-corrected chi connectivity index (χ4v) is 7.57. The van der Waals surface area contributed by atoms with Crippen LogP contribution in [0.2, 0.25) is 0 Å². The third kappa shape index (κ3) is 5.93. The molecule has 3 aromatic rings. The van der Waals surface area contributed by atoms with Gasteiger partial charge in [-0.1, -0.05) is 31.4 Å². The number of rotatable bonds is 7. The van der Waals surface area contributed by atoms with Gasteiger partial charge in [-0.05, 0) is 48.6 Å². The second-order valence-electron chi connectivity index (χ2n) is 12.6. The molecule has 2 amide bonds. The van der Waals surface area contributed by atoms with Crippen molar-refractivity contribution in [3.05, 3.63) is 47.5 Å². The quantitative estimate of drug-likeness (QED) is 0.418. The van der Waals surface area contributed by atoms with Crippen LogP contribution in [0, 0.1) is 0 Å². The number of hydrogen-bond acceptors (Lipinski definition) is 7. The van der Waals surface area contributed by atoms with Crippen LogP contribution in [0.25, 0.3) is 22.2 Å². The summed E-state index contributed by atoms with van der Waals surface area (Å²) in [5.41, 5.74) is 5.08. The van der Waals surface area contributed by atoms with Crippen LogP contribution in [0.4, 0.5) is 5.69 Å². The van der Waals surface area contributed by atoms with Gasteiger partial charge in [0.25, 0.3) is 0 Å². The maximum absolute atomic E-state index is 13.6. The number of anilines is 1. The molecule has 2 saturated heterocycles. The summed E-state index contributed by atoms with van der Waals surface area (Å²) in [6.07, 6.45) is 5.71. The highest BCUT2D eigenvalue weighted by molar-refractivity contribution is 5.99. The fourth-order valence-electron chi connectivity index (χ4n) is 7.57. The summed E-state index contributed by atoms with van der Waals surface area (Å²) in [4.78, 5) is 44.7. The molecule has 11 heteroatoms. The molecule has 4 heterocycles. The monoisotopic (exact) mass is 630 g/mol. The van der Waals surface area contributed by atoms with Crippen LogP contribution in [0.1, 0.15) is 53.9 Å². The van der Waals surface area contributed by atoms with Crippen molar-refractivity contribution >= 4 is 34.4 Å². The number of carboxylic acid groups (broad SMARTS) is 1. The number of carbonyl (C=O) groups excluding carboxylic acids is 2. The van der Waals surface area contributed by atoms with Gasteiger partial charge >= 0.3 is 5.97 Å². The Hall–Kier alpha value is -4.09. The number of fused-ring (bicyclic) bond motifs is 5. The molecule has 3 aliphatic heterocycles. The molecular formula is C35H42N4O7. The Balaban J connectivity index is 1.34. The first-order chi connectivity index (χ1) is 22.5. The van der Waals surface area contributed by atoms with E-state index in [1.807, 2.05) is 23.1 Å². The first-order valence-electron chi connectivity index (χ1n) is 16.6. The lowest BCUT2D eigenvalue weighted by atomic mass is 9.81. The van der Waals surface area contributed by atoms with Crippen LogP contribution in [-0.2, 0) is 25.6 Å². The van der Waals surface area contributed by atoms with Crippen molar-refractivity contribution in [2.75, 3.05) is 77.2 Å². The molecule has 0 radical (unpaired) electrons. The Bertz CT molecular complexity index is 1580. The molecule has 244 valence electrons. The predicted molar refractivity (Wildman–Crippen MR) is 173 cm³/mol. The van der Waals surface area contributed by atoms with Gasteiger partial charge in [0.05, 0.1) is 63.0 Å². The Morgan fingerprint density at radius 1 is 0.804 bits per heavy atom. The normalized spacial score (nSPS) is 18.8. The topological polar surface area (TPSA) is 114 Å². The van der Waals surface area contributed by atoms with Gasteiger partial charge in [0, 0.05) is 42.6 Å². The average molecular weight is 631 g/mol. The van der Waals surface area contributed by atoms with Crippen molar-refractivity contribution < 1.29 is 33.7 Å². The number of benzene rings is 2. The third-order valence-corrected chi connectivity index (χ3v) is 9.90. The number of morpholine rings is 2. The number of aromatic nitrogens is 1. The van der Waals surface area contributed by atoms with Crippen LogP contribution in [0.5, 0.6) is 5.75 Å². The summed E-state index contributed by atoms with van der Waals surface area (Å²) in [5.74, 6) is -0.0522. The van der Waals surface area contributed by atoms with Gasteiger partial charge in [0.15, 0.2) is 5.75 Å². The molecule has 11 nitrogen and oxygen atoms in total. The highest BCUT2D eigenvalue weighted by Gasteiger charge is 2.33. The minimum atomic E-state index is -0.949. The van der Waals surface area contributed by atoms with Crippen LogP contribution in [-0.4, -0.2) is 110 Å². The molecule has 0 bridgehead atoms. The summed E-state index contributed by atoms with van der Waals surface area (Å²) in [7, 11) is 0. The van der Waals surface area contributed by atoms with Gasteiger partial charge in [-0.3, -0.25) is 9.59 Å². The van der Waals surface area contributed by atoms with Crippen molar-refractivity contribution in [1.29, 1.82) is 0 Å². The number of aromatic carboxylic acids is 1. The molecule has 1 N–H and O–H groups in total. The minimum Gasteiger partial charge on any atom is -0.489 e. The van der Waals surface area contributed by atoms with Crippen molar-refractivity contribution in [3.8, 4) is 17.0 Å². The number of nitrogens with zero attached hydrogens (tertiary/aromatic N) is 4.